The van der Waals surface area contributed by atoms with Crippen LogP contribution in [0.3, 0.4) is 0 Å². The molecule has 6 nitrogen and oxygen atoms in total. The van der Waals surface area contributed by atoms with Crippen molar-refractivity contribution in [2.24, 2.45) is 0 Å². The summed E-state index contributed by atoms with van der Waals surface area (Å²) in [6, 6.07) is 9.84. The lowest BCUT2D eigenvalue weighted by atomic mass is 9.98. The van der Waals surface area contributed by atoms with Gasteiger partial charge in [-0.2, -0.15) is 0 Å². The van der Waals surface area contributed by atoms with Gasteiger partial charge in [-0.15, -0.1) is 0 Å². The maximum absolute atomic E-state index is 12.4. The Labute approximate surface area is 141 Å². The number of nitrogens with zero attached hydrogens (tertiary/aromatic N) is 2. The summed E-state index contributed by atoms with van der Waals surface area (Å²) in [5, 5.41) is 0. The molecule has 24 heavy (non-hydrogen) atoms. The van der Waals surface area contributed by atoms with Gasteiger partial charge in [-0.25, -0.2) is 9.59 Å². The minimum atomic E-state index is -0.386. The van der Waals surface area contributed by atoms with Crippen LogP contribution in [-0.2, 0) is 9.47 Å². The van der Waals surface area contributed by atoms with Crippen LogP contribution in [0.2, 0.25) is 0 Å². The number of benzene rings is 1. The number of rotatable bonds is 3. The molecule has 0 N–H and O–H groups in total. The van der Waals surface area contributed by atoms with Crippen LogP contribution in [0.4, 0.5) is 9.59 Å². The van der Waals surface area contributed by atoms with Crippen molar-refractivity contribution in [2.45, 2.75) is 38.0 Å². The maximum Gasteiger partial charge on any atom is 0.414 e. The number of cyclic esters (lactones) is 1. The molecule has 2 heterocycles. The van der Waals surface area contributed by atoms with E-state index in [2.05, 4.69) is 6.58 Å². The quantitative estimate of drug-likeness (QED) is 0.798. The predicted molar refractivity (Wildman–Crippen MR) is 88.2 cm³/mol. The summed E-state index contributed by atoms with van der Waals surface area (Å²) in [5.41, 5.74) is 1.01. The second kappa shape index (κ2) is 6.95. The minimum absolute atomic E-state index is 0.0309. The van der Waals surface area contributed by atoms with Gasteiger partial charge in [0.1, 0.15) is 6.10 Å². The van der Waals surface area contributed by atoms with Crippen LogP contribution in [0, 0.1) is 0 Å². The van der Waals surface area contributed by atoms with Crippen molar-refractivity contribution in [2.75, 3.05) is 13.1 Å². The lowest BCUT2D eigenvalue weighted by molar-refractivity contribution is 0.0949. The molecule has 2 aliphatic heterocycles. The van der Waals surface area contributed by atoms with Crippen molar-refractivity contribution in [3.63, 3.8) is 0 Å². The topological polar surface area (TPSA) is 59.1 Å². The van der Waals surface area contributed by atoms with Gasteiger partial charge in [-0.3, -0.25) is 4.90 Å². The average molecular weight is 330 g/mol. The zero-order chi connectivity index (χ0) is 17.1. The first-order chi connectivity index (χ1) is 11.6. The van der Waals surface area contributed by atoms with E-state index < -0.39 is 0 Å². The van der Waals surface area contributed by atoms with E-state index in [4.69, 9.17) is 9.47 Å². The summed E-state index contributed by atoms with van der Waals surface area (Å²) >= 11 is 0. The van der Waals surface area contributed by atoms with E-state index in [1.165, 1.54) is 0 Å². The molecule has 1 aromatic carbocycles. The van der Waals surface area contributed by atoms with Crippen LogP contribution < -0.4 is 0 Å². The summed E-state index contributed by atoms with van der Waals surface area (Å²) in [5.74, 6) is 0. The molecule has 0 radical (unpaired) electrons. The fourth-order valence-corrected chi connectivity index (χ4v) is 3.52. The van der Waals surface area contributed by atoms with Gasteiger partial charge in [0.05, 0.1) is 12.3 Å². The third-order valence-electron chi connectivity index (χ3n) is 4.74. The fourth-order valence-electron chi connectivity index (χ4n) is 3.52. The van der Waals surface area contributed by atoms with Crippen LogP contribution in [-0.4, -0.2) is 47.2 Å². The molecule has 3 rings (SSSR count). The molecule has 0 bridgehead atoms. The number of ether oxygens (including phenoxy) is 2. The van der Waals surface area contributed by atoms with Crippen LogP contribution in [0.25, 0.3) is 0 Å². The Morgan fingerprint density at radius 2 is 1.96 bits per heavy atom. The number of amides is 2. The van der Waals surface area contributed by atoms with Gasteiger partial charge in [0.2, 0.25) is 0 Å². The van der Waals surface area contributed by atoms with E-state index in [1.807, 2.05) is 42.2 Å². The number of hydrogen-bond donors (Lipinski definition) is 0. The number of carbonyl (C=O) groups excluding carboxylic acids is 2. The molecule has 0 aliphatic carbocycles. The highest BCUT2D eigenvalue weighted by molar-refractivity contribution is 5.72. The lowest BCUT2D eigenvalue weighted by Crippen LogP contribution is -2.49. The highest BCUT2D eigenvalue weighted by Gasteiger charge is 2.44. The van der Waals surface area contributed by atoms with Gasteiger partial charge in [-0.05, 0) is 25.3 Å². The standard InChI is InChI=1S/C18H22N2O4/c1-3-23-17(21)19-11-9-15(10-12-19)20-13(2)16(24-18(20)22)14-7-5-4-6-8-14/h3-8,13,15-16H,1,9-12H2,2H3/t13-,16-/m1/s1. The smallest absolute Gasteiger partial charge is 0.414 e. The van der Waals surface area contributed by atoms with E-state index in [0.717, 1.165) is 11.8 Å². The van der Waals surface area contributed by atoms with Crippen molar-refractivity contribution in [1.82, 2.24) is 9.80 Å². The predicted octanol–water partition coefficient (Wildman–Crippen LogP) is 3.31. The molecular weight excluding hydrogens is 308 g/mol. The van der Waals surface area contributed by atoms with E-state index in [9.17, 15) is 9.59 Å². The molecular formula is C18H22N2O4. The van der Waals surface area contributed by atoms with Crippen LogP contribution in [0.15, 0.2) is 43.2 Å². The summed E-state index contributed by atoms with van der Waals surface area (Å²) in [6.45, 7) is 6.52. The van der Waals surface area contributed by atoms with Crippen molar-refractivity contribution < 1.29 is 19.1 Å². The Balaban J connectivity index is 1.64. The lowest BCUT2D eigenvalue weighted by Gasteiger charge is -2.36. The summed E-state index contributed by atoms with van der Waals surface area (Å²) in [7, 11) is 0. The van der Waals surface area contributed by atoms with Crippen molar-refractivity contribution in [3.8, 4) is 0 Å². The summed E-state index contributed by atoms with van der Waals surface area (Å²) < 4.78 is 10.4. The fraction of sp³-hybridized carbons (Fsp3) is 0.444. The number of hydrogen-bond acceptors (Lipinski definition) is 4. The van der Waals surface area contributed by atoms with Gasteiger partial charge in [0.15, 0.2) is 0 Å². The number of carbonyl (C=O) groups is 2. The van der Waals surface area contributed by atoms with E-state index in [-0.39, 0.29) is 30.4 Å². The highest BCUT2D eigenvalue weighted by atomic mass is 16.6. The number of piperidine rings is 1. The molecule has 128 valence electrons. The summed E-state index contributed by atoms with van der Waals surface area (Å²) in [6.07, 6.45) is 1.66. The van der Waals surface area contributed by atoms with Gasteiger partial charge in [-0.1, -0.05) is 36.9 Å². The normalized spacial score (nSPS) is 24.6. The Hall–Kier alpha value is -2.50. The third kappa shape index (κ3) is 3.09. The first-order valence-corrected chi connectivity index (χ1v) is 8.22. The zero-order valence-electron chi connectivity index (χ0n) is 13.8. The molecule has 2 aliphatic rings. The number of likely N-dealkylation sites (tertiary alicyclic amines) is 1. The Morgan fingerprint density at radius 3 is 2.58 bits per heavy atom. The molecule has 2 saturated heterocycles. The first kappa shape index (κ1) is 16.4. The Bertz CT molecular complexity index is 611. The van der Waals surface area contributed by atoms with Gasteiger partial charge in [0.25, 0.3) is 0 Å². The van der Waals surface area contributed by atoms with E-state index in [1.54, 1.807) is 4.90 Å². The Kier molecular flexibility index (Phi) is 4.74. The molecule has 6 heteroatoms. The second-order valence-corrected chi connectivity index (χ2v) is 6.13. The van der Waals surface area contributed by atoms with Crippen LogP contribution >= 0.6 is 0 Å². The third-order valence-corrected chi connectivity index (χ3v) is 4.74. The zero-order valence-corrected chi connectivity index (χ0v) is 13.8. The van der Waals surface area contributed by atoms with E-state index >= 15 is 0 Å². The molecule has 2 fully saturated rings. The summed E-state index contributed by atoms with van der Waals surface area (Å²) in [4.78, 5) is 27.6. The molecule has 1 aromatic rings. The Morgan fingerprint density at radius 1 is 1.29 bits per heavy atom. The molecule has 2 atom stereocenters. The molecule has 2 amide bonds. The van der Waals surface area contributed by atoms with Crippen molar-refractivity contribution >= 4 is 12.2 Å². The van der Waals surface area contributed by atoms with Gasteiger partial charge in [0, 0.05) is 19.1 Å². The molecule has 0 saturated carbocycles. The second-order valence-electron chi connectivity index (χ2n) is 6.13. The van der Waals surface area contributed by atoms with Crippen molar-refractivity contribution in [3.05, 3.63) is 48.7 Å². The molecule has 0 unspecified atom stereocenters. The van der Waals surface area contributed by atoms with Crippen LogP contribution in [0.5, 0.6) is 0 Å². The first-order valence-electron chi connectivity index (χ1n) is 8.22. The average Bonchev–Trinajstić information content (AvgIpc) is 2.90. The SMILES string of the molecule is C=COC(=O)N1CCC(N2C(=O)O[C@@H](c3ccccc3)[C@H]2C)CC1. The molecule has 0 aromatic heterocycles. The van der Waals surface area contributed by atoms with Crippen LogP contribution in [0.1, 0.15) is 31.4 Å². The molecule has 0 spiro atoms. The highest BCUT2D eigenvalue weighted by Crippen LogP contribution is 2.35. The monoisotopic (exact) mass is 330 g/mol. The largest absolute Gasteiger partial charge is 0.439 e. The van der Waals surface area contributed by atoms with Gasteiger partial charge >= 0.3 is 12.2 Å². The maximum atomic E-state index is 12.4. The van der Waals surface area contributed by atoms with Crippen molar-refractivity contribution in [1.29, 1.82) is 0 Å². The van der Waals surface area contributed by atoms with Gasteiger partial charge < -0.3 is 14.4 Å². The minimum Gasteiger partial charge on any atom is -0.439 e. The van der Waals surface area contributed by atoms with E-state index in [0.29, 0.717) is 25.9 Å².